The summed E-state index contributed by atoms with van der Waals surface area (Å²) in [4.78, 5) is 0. The number of hydrogen-bond acceptors (Lipinski definition) is 10. The second kappa shape index (κ2) is 13.0. The molecule has 2 saturated heterocycles. The Balaban J connectivity index is 1.83. The van der Waals surface area contributed by atoms with Crippen molar-refractivity contribution in [1.29, 1.82) is 0 Å². The van der Waals surface area contributed by atoms with Gasteiger partial charge >= 0.3 is 0 Å². The van der Waals surface area contributed by atoms with Crippen molar-refractivity contribution in [2.45, 2.75) is 87.2 Å². The highest BCUT2D eigenvalue weighted by Gasteiger charge is 2.43. The van der Waals surface area contributed by atoms with Crippen LogP contribution in [0.4, 0.5) is 0 Å². The molecule has 0 amide bonds. The van der Waals surface area contributed by atoms with Gasteiger partial charge in [0.2, 0.25) is 0 Å². The van der Waals surface area contributed by atoms with Crippen LogP contribution in [0.3, 0.4) is 0 Å². The molecule has 2 fully saturated rings. The number of benzene rings is 1. The summed E-state index contributed by atoms with van der Waals surface area (Å²) in [5.41, 5.74) is 2.12. The minimum absolute atomic E-state index is 0.535. The number of aliphatic hydroxyl groups excluding tert-OH is 8. The van der Waals surface area contributed by atoms with Crippen molar-refractivity contribution < 1.29 is 50.3 Å². The van der Waals surface area contributed by atoms with E-state index in [0.29, 0.717) is 17.5 Å². The van der Waals surface area contributed by atoms with Gasteiger partial charge in [-0.25, -0.2) is 0 Å². The summed E-state index contributed by atoms with van der Waals surface area (Å²) in [6.45, 7) is 0.973. The number of unbranched alkanes of at least 4 members (excludes halogenated alkanes) is 1. The number of hydrogen-bond donors (Lipinski definition) is 8. The van der Waals surface area contributed by atoms with Crippen molar-refractivity contribution in [3.05, 3.63) is 34.9 Å². The minimum atomic E-state index is -1.50. The highest BCUT2D eigenvalue weighted by Crippen LogP contribution is 2.23. The van der Waals surface area contributed by atoms with E-state index in [1.807, 2.05) is 13.0 Å². The standard InChI is InChI=1S/C26H34O10/c1-2-3-4-16-11-14(6-9-17-21(29)25(33)23(31)19(12-27)35-17)5-7-15(16)8-10-18-22(30)26(34)24(32)20(13-28)36-18/h5,7,11,17-34H,2-4,12-13H2,1H3/t17-,18-,19-,20-,21-,22-,23-,24-,25-,26-/m1/s1. The lowest BCUT2D eigenvalue weighted by molar-refractivity contribution is -0.214. The van der Waals surface area contributed by atoms with Gasteiger partial charge in [0.25, 0.3) is 0 Å². The Morgan fingerprint density at radius 2 is 1.25 bits per heavy atom. The largest absolute Gasteiger partial charge is 0.394 e. The summed E-state index contributed by atoms with van der Waals surface area (Å²) in [6, 6.07) is 5.26. The van der Waals surface area contributed by atoms with Crippen molar-refractivity contribution in [2.24, 2.45) is 0 Å². The van der Waals surface area contributed by atoms with E-state index >= 15 is 0 Å². The summed E-state index contributed by atoms with van der Waals surface area (Å²) in [5, 5.41) is 78.9. The van der Waals surface area contributed by atoms with Gasteiger partial charge in [-0.15, -0.1) is 0 Å². The summed E-state index contributed by atoms with van der Waals surface area (Å²) >= 11 is 0. The predicted molar refractivity (Wildman–Crippen MR) is 126 cm³/mol. The summed E-state index contributed by atoms with van der Waals surface area (Å²) < 4.78 is 10.9. The fourth-order valence-corrected chi connectivity index (χ4v) is 4.11. The van der Waals surface area contributed by atoms with Crippen molar-refractivity contribution in [2.75, 3.05) is 13.2 Å². The first-order valence-electron chi connectivity index (χ1n) is 12.0. The molecule has 8 N–H and O–H groups in total. The van der Waals surface area contributed by atoms with E-state index in [1.165, 1.54) is 0 Å². The summed E-state index contributed by atoms with van der Waals surface area (Å²) in [5.74, 6) is 11.4. The van der Waals surface area contributed by atoms with E-state index in [-0.39, 0.29) is 0 Å². The summed E-state index contributed by atoms with van der Waals surface area (Å²) in [6.07, 6.45) is -10.6. The normalized spacial score (nSPS) is 36.4. The second-order valence-electron chi connectivity index (χ2n) is 9.01. The van der Waals surface area contributed by atoms with Crippen LogP contribution >= 0.6 is 0 Å². The molecule has 0 spiro atoms. The van der Waals surface area contributed by atoms with Crippen LogP contribution in [0.2, 0.25) is 0 Å². The van der Waals surface area contributed by atoms with Gasteiger partial charge in [-0.2, -0.15) is 0 Å². The Morgan fingerprint density at radius 3 is 1.75 bits per heavy atom. The third-order valence-electron chi connectivity index (χ3n) is 6.40. The molecule has 3 rings (SSSR count). The lowest BCUT2D eigenvalue weighted by Crippen LogP contribution is -2.58. The molecule has 2 aliphatic rings. The maximum Gasteiger partial charge on any atom is 0.147 e. The lowest BCUT2D eigenvalue weighted by atomic mass is 9.94. The maximum absolute atomic E-state index is 10.2. The fourth-order valence-electron chi connectivity index (χ4n) is 4.11. The maximum atomic E-state index is 10.2. The van der Waals surface area contributed by atoms with Crippen LogP contribution < -0.4 is 0 Å². The fraction of sp³-hybridized carbons (Fsp3) is 0.615. The van der Waals surface area contributed by atoms with E-state index in [2.05, 4.69) is 23.7 Å². The third-order valence-corrected chi connectivity index (χ3v) is 6.40. The van der Waals surface area contributed by atoms with Crippen LogP contribution in [0.1, 0.15) is 36.5 Å². The van der Waals surface area contributed by atoms with Crippen LogP contribution in [0.25, 0.3) is 0 Å². The highest BCUT2D eigenvalue weighted by atomic mass is 16.5. The van der Waals surface area contributed by atoms with Gasteiger partial charge in [0.05, 0.1) is 13.2 Å². The molecule has 0 aliphatic carbocycles. The molecule has 1 aromatic rings. The first-order valence-corrected chi connectivity index (χ1v) is 12.0. The van der Waals surface area contributed by atoms with Crippen molar-refractivity contribution in [3.8, 4) is 23.7 Å². The Labute approximate surface area is 209 Å². The second-order valence-corrected chi connectivity index (χ2v) is 9.01. The zero-order valence-corrected chi connectivity index (χ0v) is 19.9. The van der Waals surface area contributed by atoms with Gasteiger partial charge in [-0.05, 0) is 36.6 Å². The Hall–Kier alpha value is -2.06. The van der Waals surface area contributed by atoms with E-state index in [0.717, 1.165) is 18.4 Å². The Kier molecular flexibility index (Phi) is 10.3. The summed E-state index contributed by atoms with van der Waals surface area (Å²) in [7, 11) is 0. The van der Waals surface area contributed by atoms with Gasteiger partial charge in [0.15, 0.2) is 0 Å². The third kappa shape index (κ3) is 6.43. The van der Waals surface area contributed by atoms with Gasteiger partial charge in [-0.3, -0.25) is 0 Å². The number of aryl methyl sites for hydroxylation is 1. The Morgan fingerprint density at radius 1 is 0.722 bits per heavy atom. The monoisotopic (exact) mass is 506 g/mol. The molecule has 36 heavy (non-hydrogen) atoms. The van der Waals surface area contributed by atoms with Gasteiger partial charge in [-0.1, -0.05) is 37.0 Å². The average molecular weight is 507 g/mol. The van der Waals surface area contributed by atoms with Gasteiger partial charge in [0.1, 0.15) is 61.0 Å². The quantitative estimate of drug-likeness (QED) is 0.198. The SMILES string of the molecule is CCCCc1cc(C#C[C@H]2O[C@H](CO)[C@@H](O)[C@H](O)[C@@H]2O)ccc1C#C[C@H]1O[C@H](CO)[C@@H](O)[C@H](O)[C@@H]1O. The highest BCUT2D eigenvalue weighted by molar-refractivity contribution is 5.48. The molecule has 2 aliphatic heterocycles. The zero-order valence-electron chi connectivity index (χ0n) is 19.9. The smallest absolute Gasteiger partial charge is 0.147 e. The molecule has 1 aromatic carbocycles. The molecule has 0 radical (unpaired) electrons. The molecule has 10 nitrogen and oxygen atoms in total. The average Bonchev–Trinajstić information content (AvgIpc) is 2.89. The molecule has 10 heteroatoms. The first-order chi connectivity index (χ1) is 17.2. The van der Waals surface area contributed by atoms with Crippen LogP contribution in [0, 0.1) is 23.7 Å². The number of aliphatic hydroxyl groups is 8. The van der Waals surface area contributed by atoms with Crippen molar-refractivity contribution in [1.82, 2.24) is 0 Å². The van der Waals surface area contributed by atoms with E-state index in [1.54, 1.807) is 12.1 Å². The molecular formula is C26H34O10. The minimum Gasteiger partial charge on any atom is -0.394 e. The molecule has 198 valence electrons. The van der Waals surface area contributed by atoms with Gasteiger partial charge < -0.3 is 50.3 Å². The molecule has 0 bridgehead atoms. The Bertz CT molecular complexity index is 988. The van der Waals surface area contributed by atoms with Crippen LogP contribution in [-0.2, 0) is 15.9 Å². The molecular weight excluding hydrogens is 472 g/mol. The zero-order chi connectivity index (χ0) is 26.4. The molecule has 0 aromatic heterocycles. The predicted octanol–water partition coefficient (Wildman–Crippen LogP) is -2.58. The lowest BCUT2D eigenvalue weighted by Gasteiger charge is -2.37. The van der Waals surface area contributed by atoms with Crippen LogP contribution in [0.15, 0.2) is 18.2 Å². The molecule has 0 unspecified atom stereocenters. The molecule has 2 heterocycles. The number of ether oxygens (including phenoxy) is 2. The topological polar surface area (TPSA) is 180 Å². The molecule has 0 saturated carbocycles. The van der Waals surface area contributed by atoms with Crippen LogP contribution in [-0.4, -0.2) is 115 Å². The number of rotatable bonds is 5. The van der Waals surface area contributed by atoms with E-state index < -0.39 is 74.3 Å². The van der Waals surface area contributed by atoms with Crippen LogP contribution in [0.5, 0.6) is 0 Å². The van der Waals surface area contributed by atoms with Gasteiger partial charge in [0, 0.05) is 11.1 Å². The van der Waals surface area contributed by atoms with E-state index in [4.69, 9.17) is 9.47 Å². The molecule has 10 atom stereocenters. The first kappa shape index (κ1) is 28.5. The van der Waals surface area contributed by atoms with E-state index in [9.17, 15) is 40.9 Å². The van der Waals surface area contributed by atoms with Crippen molar-refractivity contribution in [3.63, 3.8) is 0 Å². The van der Waals surface area contributed by atoms with Crippen molar-refractivity contribution >= 4 is 0 Å².